The molecule has 106 valence electrons. The average Bonchev–Trinajstić information content (AvgIpc) is 2.37. The van der Waals surface area contributed by atoms with Crippen molar-refractivity contribution in [3.63, 3.8) is 0 Å². The number of ether oxygens (including phenoxy) is 2. The third-order valence-corrected chi connectivity index (χ3v) is 2.47. The van der Waals surface area contributed by atoms with Gasteiger partial charge in [-0.15, -0.1) is 0 Å². The van der Waals surface area contributed by atoms with Crippen LogP contribution in [0.3, 0.4) is 0 Å². The minimum Gasteiger partial charge on any atom is -0.493 e. The fourth-order valence-corrected chi connectivity index (χ4v) is 1.54. The molecule has 0 spiro atoms. The van der Waals surface area contributed by atoms with Crippen LogP contribution in [0.1, 0.15) is 18.5 Å². The van der Waals surface area contributed by atoms with Crippen molar-refractivity contribution in [1.29, 1.82) is 0 Å². The van der Waals surface area contributed by atoms with Gasteiger partial charge in [-0.1, -0.05) is 12.1 Å². The smallest absolute Gasteiger partial charge is 0.379 e. The number of hydrogen-bond donors (Lipinski definition) is 1. The quantitative estimate of drug-likeness (QED) is 0.836. The Labute approximate surface area is 108 Å². The van der Waals surface area contributed by atoms with Crippen molar-refractivity contribution >= 4 is 5.97 Å². The van der Waals surface area contributed by atoms with Crippen LogP contribution < -0.4 is 10.5 Å². The van der Waals surface area contributed by atoms with Crippen LogP contribution in [0, 0.1) is 5.82 Å². The Balaban J connectivity index is 3.16. The van der Waals surface area contributed by atoms with Crippen molar-refractivity contribution < 1.29 is 27.4 Å². The van der Waals surface area contributed by atoms with E-state index in [2.05, 4.69) is 4.74 Å². The van der Waals surface area contributed by atoms with E-state index >= 15 is 0 Å². The molecule has 1 aromatic carbocycles. The van der Waals surface area contributed by atoms with Crippen LogP contribution in [0.25, 0.3) is 0 Å². The normalized spacial score (nSPS) is 12.9. The Morgan fingerprint density at radius 2 is 2.11 bits per heavy atom. The maximum Gasteiger partial charge on any atom is 0.379 e. The monoisotopic (exact) mass is 277 g/mol. The number of methoxy groups -OCH3 is 1. The zero-order valence-corrected chi connectivity index (χ0v) is 10.5. The summed E-state index contributed by atoms with van der Waals surface area (Å²) in [7, 11) is 1.12. The molecule has 0 aliphatic carbocycles. The average molecular weight is 277 g/mol. The highest BCUT2D eigenvalue weighted by molar-refractivity contribution is 5.79. The lowest BCUT2D eigenvalue weighted by Gasteiger charge is -2.23. The summed E-state index contributed by atoms with van der Waals surface area (Å²) in [5.74, 6) is -6.99. The van der Waals surface area contributed by atoms with Gasteiger partial charge >= 0.3 is 11.9 Å². The number of halogens is 3. The fourth-order valence-electron chi connectivity index (χ4n) is 1.54. The molecule has 0 aliphatic rings. The van der Waals surface area contributed by atoms with Crippen LogP contribution in [0.4, 0.5) is 13.2 Å². The maximum atomic E-state index is 13.8. The lowest BCUT2D eigenvalue weighted by molar-refractivity contribution is -0.174. The van der Waals surface area contributed by atoms with Crippen molar-refractivity contribution in [2.45, 2.75) is 18.9 Å². The topological polar surface area (TPSA) is 61.5 Å². The molecule has 0 saturated carbocycles. The summed E-state index contributed by atoms with van der Waals surface area (Å²) in [6.07, 6.45) is 0. The summed E-state index contributed by atoms with van der Waals surface area (Å²) >= 11 is 0. The first-order chi connectivity index (χ1) is 8.86. The number of esters is 1. The van der Waals surface area contributed by atoms with Gasteiger partial charge in [-0.3, -0.25) is 0 Å². The van der Waals surface area contributed by atoms with E-state index in [9.17, 15) is 18.0 Å². The molecule has 0 amide bonds. The van der Waals surface area contributed by atoms with Gasteiger partial charge in [0.2, 0.25) is 0 Å². The number of alkyl halides is 2. The highest BCUT2D eigenvalue weighted by Gasteiger charge is 2.48. The third kappa shape index (κ3) is 2.98. The summed E-state index contributed by atoms with van der Waals surface area (Å²) in [5.41, 5.74) is 5.05. The third-order valence-electron chi connectivity index (χ3n) is 2.47. The molecule has 2 N–H and O–H groups in total. The number of benzene rings is 1. The Morgan fingerprint density at radius 3 is 2.63 bits per heavy atom. The molecule has 0 saturated heterocycles. The van der Waals surface area contributed by atoms with Crippen molar-refractivity contribution in [2.24, 2.45) is 5.73 Å². The molecule has 0 bridgehead atoms. The molecule has 0 radical (unpaired) electrons. The number of nitrogens with two attached hydrogens (primary N) is 1. The first-order valence-corrected chi connectivity index (χ1v) is 5.49. The number of hydrogen-bond acceptors (Lipinski definition) is 4. The van der Waals surface area contributed by atoms with Gasteiger partial charge in [-0.2, -0.15) is 8.78 Å². The molecule has 4 nitrogen and oxygen atoms in total. The standard InChI is InChI=1S/C12H14F3NO3/c1-3-19-11(17)12(14,15)10(16)7-5-4-6-8(13)9(7)18-2/h4-6,10H,3,16H2,1-2H3/t10-/m0/s1. The zero-order chi connectivity index (χ0) is 14.6. The lowest BCUT2D eigenvalue weighted by atomic mass is 10.00. The molecule has 1 atom stereocenters. The molecule has 19 heavy (non-hydrogen) atoms. The largest absolute Gasteiger partial charge is 0.493 e. The highest BCUT2D eigenvalue weighted by atomic mass is 19.3. The molecule has 0 aromatic heterocycles. The van der Waals surface area contributed by atoms with E-state index in [1.807, 2.05) is 0 Å². The van der Waals surface area contributed by atoms with Crippen LogP contribution in [-0.2, 0) is 9.53 Å². The van der Waals surface area contributed by atoms with Gasteiger partial charge in [0.1, 0.15) is 6.04 Å². The first kappa shape index (κ1) is 15.3. The van der Waals surface area contributed by atoms with Crippen LogP contribution >= 0.6 is 0 Å². The molecular weight excluding hydrogens is 263 g/mol. The molecule has 0 aliphatic heterocycles. The van der Waals surface area contributed by atoms with Crippen molar-refractivity contribution in [1.82, 2.24) is 0 Å². The number of carbonyl (C=O) groups excluding carboxylic acids is 1. The van der Waals surface area contributed by atoms with E-state index in [4.69, 9.17) is 10.5 Å². The van der Waals surface area contributed by atoms with E-state index in [0.717, 1.165) is 13.2 Å². The van der Waals surface area contributed by atoms with Crippen LogP contribution in [-0.4, -0.2) is 25.6 Å². The van der Waals surface area contributed by atoms with Gasteiger partial charge in [0.05, 0.1) is 13.7 Å². The molecule has 0 unspecified atom stereocenters. The second-order valence-electron chi connectivity index (χ2n) is 3.68. The lowest BCUT2D eigenvalue weighted by Crippen LogP contribution is -2.42. The van der Waals surface area contributed by atoms with Crippen LogP contribution in [0.5, 0.6) is 5.75 Å². The SMILES string of the molecule is CCOC(=O)C(F)(F)[C@@H](N)c1cccc(F)c1OC. The summed E-state index contributed by atoms with van der Waals surface area (Å²) in [6.45, 7) is 1.18. The predicted molar refractivity (Wildman–Crippen MR) is 61.5 cm³/mol. The zero-order valence-electron chi connectivity index (χ0n) is 10.5. The van der Waals surface area contributed by atoms with Crippen LogP contribution in [0.15, 0.2) is 18.2 Å². The minimum atomic E-state index is -3.98. The minimum absolute atomic E-state index is 0.207. The fraction of sp³-hybridized carbons (Fsp3) is 0.417. The van der Waals surface area contributed by atoms with Crippen LogP contribution in [0.2, 0.25) is 0 Å². The summed E-state index contributed by atoms with van der Waals surface area (Å²) in [4.78, 5) is 11.2. The Bertz CT molecular complexity index is 466. The van der Waals surface area contributed by atoms with Gasteiger partial charge in [-0.25, -0.2) is 9.18 Å². The van der Waals surface area contributed by atoms with Crippen molar-refractivity contribution in [2.75, 3.05) is 13.7 Å². The first-order valence-electron chi connectivity index (χ1n) is 5.49. The second-order valence-corrected chi connectivity index (χ2v) is 3.68. The van der Waals surface area contributed by atoms with Gasteiger partial charge in [0.15, 0.2) is 11.6 Å². The van der Waals surface area contributed by atoms with Gasteiger partial charge in [0, 0.05) is 5.56 Å². The molecule has 7 heteroatoms. The Morgan fingerprint density at radius 1 is 1.47 bits per heavy atom. The van der Waals surface area contributed by atoms with E-state index < -0.39 is 29.5 Å². The van der Waals surface area contributed by atoms with E-state index in [-0.39, 0.29) is 12.2 Å². The summed E-state index contributed by atoms with van der Waals surface area (Å²) in [6, 6.07) is 1.35. The molecular formula is C12H14F3NO3. The summed E-state index contributed by atoms with van der Waals surface area (Å²) in [5, 5.41) is 0. The van der Waals surface area contributed by atoms with E-state index in [1.54, 1.807) is 0 Å². The van der Waals surface area contributed by atoms with Gasteiger partial charge < -0.3 is 15.2 Å². The predicted octanol–water partition coefficient (Wildman–Crippen LogP) is 2.03. The maximum absolute atomic E-state index is 13.8. The second kappa shape index (κ2) is 5.92. The molecule has 1 aromatic rings. The van der Waals surface area contributed by atoms with E-state index in [1.165, 1.54) is 19.1 Å². The Hall–Kier alpha value is -1.76. The molecule has 0 fully saturated rings. The van der Waals surface area contributed by atoms with Crippen molar-refractivity contribution in [3.8, 4) is 5.75 Å². The number of para-hydroxylation sites is 1. The van der Waals surface area contributed by atoms with Gasteiger partial charge in [0.25, 0.3) is 0 Å². The summed E-state index contributed by atoms with van der Waals surface area (Å²) < 4.78 is 49.9. The van der Waals surface area contributed by atoms with Crippen molar-refractivity contribution in [3.05, 3.63) is 29.6 Å². The molecule has 0 heterocycles. The van der Waals surface area contributed by atoms with E-state index in [0.29, 0.717) is 0 Å². The molecule has 1 rings (SSSR count). The number of carbonyl (C=O) groups is 1. The van der Waals surface area contributed by atoms with Gasteiger partial charge in [-0.05, 0) is 13.0 Å². The Kier molecular flexibility index (Phi) is 4.77. The highest BCUT2D eigenvalue weighted by Crippen LogP contribution is 2.36. The number of rotatable bonds is 5.